The first-order valence-corrected chi connectivity index (χ1v) is 16.1. The molecule has 45 heavy (non-hydrogen) atoms. The zero-order chi connectivity index (χ0) is 32.5. The molecule has 4 bridgehead atoms. The minimum atomic E-state index is -1.24. The highest BCUT2D eigenvalue weighted by Crippen LogP contribution is 2.38. The molecule has 246 valence electrons. The molecule has 11 heteroatoms. The fourth-order valence-electron chi connectivity index (χ4n) is 6.28. The van der Waals surface area contributed by atoms with Gasteiger partial charge in [0.05, 0.1) is 28.6 Å². The molecule has 1 fully saturated rings. The summed E-state index contributed by atoms with van der Waals surface area (Å²) in [5.41, 5.74) is 2.02. The van der Waals surface area contributed by atoms with E-state index in [1.165, 1.54) is 6.07 Å². The van der Waals surface area contributed by atoms with E-state index in [-0.39, 0.29) is 11.7 Å². The maximum Gasteiger partial charge on any atom is 0.337 e. The molecular formula is C34H46F2N4O5. The van der Waals surface area contributed by atoms with Gasteiger partial charge in [0.2, 0.25) is 0 Å². The fraction of sp³-hybridized carbons (Fsp3) is 0.618. The Balaban J connectivity index is 1.56. The summed E-state index contributed by atoms with van der Waals surface area (Å²) in [6.45, 7) is 13.3. The molecule has 0 unspecified atom stereocenters. The van der Waals surface area contributed by atoms with Crippen LogP contribution in [-0.2, 0) is 27.1 Å². The van der Waals surface area contributed by atoms with Crippen LogP contribution in [0.15, 0.2) is 18.2 Å². The van der Waals surface area contributed by atoms with Gasteiger partial charge in [-0.25, -0.2) is 18.6 Å². The van der Waals surface area contributed by atoms with Crippen LogP contribution in [0.3, 0.4) is 0 Å². The number of halogens is 2. The van der Waals surface area contributed by atoms with Gasteiger partial charge < -0.3 is 24.2 Å². The van der Waals surface area contributed by atoms with Crippen LogP contribution in [0.5, 0.6) is 5.75 Å². The molecular weight excluding hydrogens is 582 g/mol. The van der Waals surface area contributed by atoms with Gasteiger partial charge in [-0.3, -0.25) is 0 Å². The van der Waals surface area contributed by atoms with Crippen LogP contribution in [0.25, 0.3) is 5.65 Å². The van der Waals surface area contributed by atoms with Crippen molar-refractivity contribution in [3.63, 3.8) is 0 Å². The van der Waals surface area contributed by atoms with Crippen LogP contribution < -0.4 is 9.64 Å². The number of ether oxygens (including phenoxy) is 3. The lowest BCUT2D eigenvalue weighted by Gasteiger charge is -2.41. The summed E-state index contributed by atoms with van der Waals surface area (Å²) in [7, 11) is 0. The van der Waals surface area contributed by atoms with Crippen molar-refractivity contribution >= 4 is 17.4 Å². The number of carbonyl (C=O) groups is 1. The Morgan fingerprint density at radius 1 is 1.11 bits per heavy atom. The van der Waals surface area contributed by atoms with Gasteiger partial charge in [0, 0.05) is 37.5 Å². The van der Waals surface area contributed by atoms with Crippen molar-refractivity contribution in [2.75, 3.05) is 24.6 Å². The van der Waals surface area contributed by atoms with Gasteiger partial charge in [-0.15, -0.1) is 0 Å². The maximum absolute atomic E-state index is 14.3. The third kappa shape index (κ3) is 7.74. The van der Waals surface area contributed by atoms with E-state index < -0.39 is 29.3 Å². The van der Waals surface area contributed by atoms with Crippen molar-refractivity contribution < 1.29 is 32.9 Å². The van der Waals surface area contributed by atoms with Gasteiger partial charge >= 0.3 is 5.97 Å². The second-order valence-electron chi connectivity index (χ2n) is 13.7. The molecule has 1 aromatic carbocycles. The summed E-state index contributed by atoms with van der Waals surface area (Å²) >= 11 is 0. The number of nitrogens with zero attached hydrogens (tertiary/aromatic N) is 4. The number of benzene rings is 1. The predicted molar refractivity (Wildman–Crippen MR) is 167 cm³/mol. The van der Waals surface area contributed by atoms with Gasteiger partial charge in [0.15, 0.2) is 23.4 Å². The molecule has 9 nitrogen and oxygen atoms in total. The number of rotatable bonds is 3. The molecule has 3 aromatic rings. The van der Waals surface area contributed by atoms with E-state index in [0.29, 0.717) is 73.0 Å². The number of aryl methyl sites for hydroxylation is 3. The van der Waals surface area contributed by atoms with Crippen molar-refractivity contribution in [1.82, 2.24) is 14.6 Å². The highest BCUT2D eigenvalue weighted by atomic mass is 19.2. The average molecular weight is 629 g/mol. The Kier molecular flexibility index (Phi) is 9.70. The first kappa shape index (κ1) is 33.1. The number of fused-ring (bicyclic) bond motifs is 10. The monoisotopic (exact) mass is 628 g/mol. The van der Waals surface area contributed by atoms with Crippen LogP contribution >= 0.6 is 0 Å². The number of aromatic nitrogens is 3. The Morgan fingerprint density at radius 3 is 2.51 bits per heavy atom. The molecule has 1 N–H and O–H groups in total. The van der Waals surface area contributed by atoms with E-state index in [2.05, 4.69) is 11.8 Å². The normalized spacial score (nSPS) is 22.7. The molecule has 0 aliphatic carbocycles. The van der Waals surface area contributed by atoms with Crippen LogP contribution in [0.2, 0.25) is 0 Å². The third-order valence-electron chi connectivity index (χ3n) is 8.70. The van der Waals surface area contributed by atoms with Crippen LogP contribution in [-0.4, -0.2) is 62.7 Å². The lowest BCUT2D eigenvalue weighted by molar-refractivity contribution is -0.160. The number of carboxylic acid groups (broad SMARTS) is 1. The summed E-state index contributed by atoms with van der Waals surface area (Å²) in [5, 5.41) is 15.3. The molecule has 0 radical (unpaired) electrons. The molecule has 3 aliphatic rings. The lowest BCUT2D eigenvalue weighted by Crippen LogP contribution is -2.46. The number of anilines is 1. The number of aliphatic carboxylic acids is 1. The zero-order valence-corrected chi connectivity index (χ0v) is 27.3. The molecule has 0 spiro atoms. The summed E-state index contributed by atoms with van der Waals surface area (Å²) in [6.07, 6.45) is 4.27. The third-order valence-corrected chi connectivity index (χ3v) is 8.70. The van der Waals surface area contributed by atoms with Gasteiger partial charge in [0.25, 0.3) is 0 Å². The van der Waals surface area contributed by atoms with Crippen molar-refractivity contribution in [3.8, 4) is 5.75 Å². The molecule has 0 saturated carbocycles. The highest BCUT2D eigenvalue weighted by Gasteiger charge is 2.37. The topological polar surface area (TPSA) is 98.4 Å². The van der Waals surface area contributed by atoms with E-state index in [4.69, 9.17) is 24.3 Å². The lowest BCUT2D eigenvalue weighted by atomic mass is 9.92. The average Bonchev–Trinajstić information content (AvgIpc) is 3.35. The molecule has 5 heterocycles. The fourth-order valence-corrected chi connectivity index (χ4v) is 6.28. The Labute approximate surface area is 263 Å². The highest BCUT2D eigenvalue weighted by molar-refractivity contribution is 5.78. The summed E-state index contributed by atoms with van der Waals surface area (Å²) < 4.78 is 48.9. The van der Waals surface area contributed by atoms with Gasteiger partial charge in [-0.2, -0.15) is 9.61 Å². The molecule has 2 aromatic heterocycles. The quantitative estimate of drug-likeness (QED) is 0.340. The zero-order valence-electron chi connectivity index (χ0n) is 27.3. The summed E-state index contributed by atoms with van der Waals surface area (Å²) in [4.78, 5) is 19.6. The van der Waals surface area contributed by atoms with Crippen LogP contribution in [0.4, 0.5) is 14.6 Å². The van der Waals surface area contributed by atoms with Crippen molar-refractivity contribution in [2.24, 2.45) is 0 Å². The molecule has 0 amide bonds. The van der Waals surface area contributed by atoms with Gasteiger partial charge in [-0.1, -0.05) is 0 Å². The molecule has 3 aliphatic heterocycles. The molecule has 6 rings (SSSR count). The van der Waals surface area contributed by atoms with Crippen LogP contribution in [0.1, 0.15) is 102 Å². The Bertz CT molecular complexity index is 1530. The minimum absolute atomic E-state index is 0.157. The minimum Gasteiger partial charge on any atom is -0.490 e. The van der Waals surface area contributed by atoms with Crippen LogP contribution in [0, 0.1) is 18.6 Å². The van der Waals surface area contributed by atoms with E-state index in [9.17, 15) is 18.7 Å². The number of hydrogen-bond donors (Lipinski definition) is 1. The van der Waals surface area contributed by atoms with E-state index in [1.54, 1.807) is 4.52 Å². The van der Waals surface area contributed by atoms with Gasteiger partial charge in [0.1, 0.15) is 11.6 Å². The smallest absolute Gasteiger partial charge is 0.337 e. The van der Waals surface area contributed by atoms with Crippen molar-refractivity contribution in [3.05, 3.63) is 52.3 Å². The molecule has 2 atom stereocenters. The first-order chi connectivity index (χ1) is 21.2. The second kappa shape index (κ2) is 13.2. The Morgan fingerprint density at radius 2 is 1.82 bits per heavy atom. The predicted octanol–water partition coefficient (Wildman–Crippen LogP) is 6.76. The van der Waals surface area contributed by atoms with E-state index >= 15 is 0 Å². The maximum atomic E-state index is 14.3. The Hall–Kier alpha value is -3.31. The number of piperidine rings is 1. The SMILES string of the molecule is Cc1nc2cc3nn2c(c1[C@H](OC(C)(C)C)C(=O)O)N1CCC(C)(CC1)OCCCC[C@H](C)Oc1cc(F)c(F)cc1CCC3. The summed E-state index contributed by atoms with van der Waals surface area (Å²) in [6, 6.07) is 4.28. The summed E-state index contributed by atoms with van der Waals surface area (Å²) in [5.74, 6) is -1.88. The van der Waals surface area contributed by atoms with Crippen molar-refractivity contribution in [2.45, 2.75) is 116 Å². The largest absolute Gasteiger partial charge is 0.490 e. The van der Waals surface area contributed by atoms with Crippen molar-refractivity contribution in [1.29, 1.82) is 0 Å². The van der Waals surface area contributed by atoms with Gasteiger partial charge in [-0.05, 0) is 105 Å². The number of hydrogen-bond acceptors (Lipinski definition) is 7. The molecule has 1 saturated heterocycles. The van der Waals surface area contributed by atoms with E-state index in [1.807, 2.05) is 40.7 Å². The standard InChI is InChI=1S/C34H46F2N4O5/c1-21-10-7-8-17-43-34(6)13-15-39(16-14-34)31-29(30(32(41)42)45-33(3,4)5)22(2)37-28-19-24(38-40(28)31)12-9-11-23-18-25(35)26(36)20-27(23)44-21/h18-21,30H,7-17H2,1-6H3,(H,41,42)/t21-,30-/m0/s1. The van der Waals surface area contributed by atoms with E-state index in [0.717, 1.165) is 43.9 Å². The number of carboxylic acids is 1. The first-order valence-electron chi connectivity index (χ1n) is 16.1. The second-order valence-corrected chi connectivity index (χ2v) is 13.7.